The van der Waals surface area contributed by atoms with Crippen molar-refractivity contribution in [3.05, 3.63) is 36.4 Å². The predicted octanol–water partition coefficient (Wildman–Crippen LogP) is 8.45. The van der Waals surface area contributed by atoms with Crippen molar-refractivity contribution in [2.45, 2.75) is 94.8 Å². The van der Waals surface area contributed by atoms with Gasteiger partial charge in [-0.2, -0.15) is 0 Å². The van der Waals surface area contributed by atoms with Gasteiger partial charge in [-0.25, -0.2) is 12.9 Å². The van der Waals surface area contributed by atoms with E-state index in [2.05, 4.69) is 67.7 Å². The molecule has 43 heavy (non-hydrogen) atoms. The van der Waals surface area contributed by atoms with Gasteiger partial charge in [0.25, 0.3) is 0 Å². The van der Waals surface area contributed by atoms with Gasteiger partial charge in [0.05, 0.1) is 0 Å². The van der Waals surface area contributed by atoms with Crippen molar-refractivity contribution in [1.82, 2.24) is 17.8 Å². The summed E-state index contributed by atoms with van der Waals surface area (Å²) < 4.78 is 7.95. The monoisotopic (exact) mass is 627 g/mol. The summed E-state index contributed by atoms with van der Waals surface area (Å²) in [5, 5.41) is 0. The summed E-state index contributed by atoms with van der Waals surface area (Å²) in [6.45, 7) is 15.2. The molecule has 1 aromatic carbocycles. The molecule has 1 aromatic rings. The highest BCUT2D eigenvalue weighted by Crippen LogP contribution is 2.37. The molecule has 7 heteroatoms. The molecule has 0 N–H and O–H groups in total. The van der Waals surface area contributed by atoms with E-state index < -0.39 is 0 Å². The summed E-state index contributed by atoms with van der Waals surface area (Å²) in [4.78, 5) is 6.34. The van der Waals surface area contributed by atoms with Crippen molar-refractivity contribution in [3.63, 3.8) is 0 Å². The second-order valence-electron chi connectivity index (χ2n) is 14.2. The van der Waals surface area contributed by atoms with Crippen LogP contribution in [0.5, 0.6) is 0 Å². The van der Waals surface area contributed by atoms with Crippen LogP contribution in [0, 0.1) is 17.8 Å². The second-order valence-corrected chi connectivity index (χ2v) is 16.6. The van der Waals surface area contributed by atoms with E-state index >= 15 is 0 Å². The maximum atomic E-state index is 4.63. The highest BCUT2D eigenvalue weighted by atomic mass is 32.2. The van der Waals surface area contributed by atoms with E-state index in [1.54, 1.807) is 0 Å². The van der Waals surface area contributed by atoms with Crippen molar-refractivity contribution in [2.75, 3.05) is 77.9 Å². The Balaban J connectivity index is 1.20. The third-order valence-corrected chi connectivity index (χ3v) is 12.6. The Labute approximate surface area is 273 Å². The molecule has 4 aliphatic rings. The van der Waals surface area contributed by atoms with E-state index in [4.69, 9.17) is 0 Å². The Hall–Kier alpha value is -0.700. The molecule has 2 saturated carbocycles. The van der Waals surface area contributed by atoms with Crippen LogP contribution >= 0.6 is 24.1 Å². The van der Waals surface area contributed by atoms with Crippen LogP contribution in [0.15, 0.2) is 41.3 Å². The van der Waals surface area contributed by atoms with Crippen LogP contribution in [0.25, 0.3) is 0 Å². The lowest BCUT2D eigenvalue weighted by Crippen LogP contribution is -2.38. The quantitative estimate of drug-likeness (QED) is 0.210. The lowest BCUT2D eigenvalue weighted by Gasteiger charge is -2.39. The first-order valence-corrected chi connectivity index (χ1v) is 19.3. The van der Waals surface area contributed by atoms with Crippen LogP contribution in [-0.2, 0) is 0 Å². The van der Waals surface area contributed by atoms with Crippen LogP contribution in [0.2, 0.25) is 0 Å². The van der Waals surface area contributed by atoms with Gasteiger partial charge in [-0.15, -0.1) is 0 Å². The summed E-state index contributed by atoms with van der Waals surface area (Å²) in [6.07, 6.45) is 19.9. The summed E-state index contributed by atoms with van der Waals surface area (Å²) in [7, 11) is 4.23. The standard InChI is InChI=1S/C36H61N5S2/c1-31-28-40(42-36-18-16-35(17-19-36)37(2)3)24-10-22-38(30-32-12-6-4-7-13-32)23-11-25-41(29-31)43-39-26-20-34(21-27-39)33-14-8-5-9-15-33/h16-19,32-34H,1,4-15,20-30H2,2-3H3. The van der Waals surface area contributed by atoms with Gasteiger partial charge < -0.3 is 9.80 Å². The molecule has 2 aliphatic heterocycles. The Kier molecular flexibility index (Phi) is 14.0. The van der Waals surface area contributed by atoms with Crippen LogP contribution < -0.4 is 4.90 Å². The third-order valence-electron chi connectivity index (χ3n) is 10.4. The summed E-state index contributed by atoms with van der Waals surface area (Å²) in [5.41, 5.74) is 2.61. The Bertz CT molecular complexity index is 935. The zero-order valence-electron chi connectivity index (χ0n) is 27.6. The molecule has 5 rings (SSSR count). The van der Waals surface area contributed by atoms with Gasteiger partial charge in [-0.1, -0.05) is 57.9 Å². The van der Waals surface area contributed by atoms with Gasteiger partial charge in [-0.05, 0) is 111 Å². The molecule has 2 saturated heterocycles. The van der Waals surface area contributed by atoms with E-state index in [0.29, 0.717) is 0 Å². The number of nitrogens with zero attached hydrogens (tertiary/aromatic N) is 5. The number of benzene rings is 1. The van der Waals surface area contributed by atoms with E-state index in [1.165, 1.54) is 139 Å². The molecule has 0 aromatic heterocycles. The van der Waals surface area contributed by atoms with Gasteiger partial charge in [0.2, 0.25) is 0 Å². The molecule has 0 spiro atoms. The van der Waals surface area contributed by atoms with Gasteiger partial charge in [-0.3, -0.25) is 0 Å². The Morgan fingerprint density at radius 3 is 1.88 bits per heavy atom. The first-order valence-electron chi connectivity index (χ1n) is 17.8. The number of rotatable bonds is 8. The summed E-state index contributed by atoms with van der Waals surface area (Å²) in [5.74, 6) is 2.90. The molecule has 0 amide bonds. The second kappa shape index (κ2) is 17.9. The van der Waals surface area contributed by atoms with Crippen molar-refractivity contribution < 1.29 is 0 Å². The average Bonchev–Trinajstić information content (AvgIpc) is 3.02. The highest BCUT2D eigenvalue weighted by molar-refractivity contribution is 7.97. The zero-order valence-corrected chi connectivity index (χ0v) is 29.2. The van der Waals surface area contributed by atoms with Gasteiger partial charge in [0, 0.05) is 82.6 Å². The number of piperidine rings is 1. The van der Waals surface area contributed by atoms with Crippen LogP contribution in [0.1, 0.15) is 89.9 Å². The van der Waals surface area contributed by atoms with Gasteiger partial charge in [0.1, 0.15) is 0 Å². The number of hydrogen-bond acceptors (Lipinski definition) is 7. The average molecular weight is 628 g/mol. The van der Waals surface area contributed by atoms with Crippen LogP contribution in [0.3, 0.4) is 0 Å². The topological polar surface area (TPSA) is 16.2 Å². The molecule has 2 heterocycles. The first kappa shape index (κ1) is 33.7. The molecular formula is C36H61N5S2. The van der Waals surface area contributed by atoms with Crippen molar-refractivity contribution in [1.29, 1.82) is 0 Å². The maximum absolute atomic E-state index is 4.63. The molecular weight excluding hydrogens is 567 g/mol. The summed E-state index contributed by atoms with van der Waals surface area (Å²) in [6, 6.07) is 9.06. The van der Waals surface area contributed by atoms with Crippen LogP contribution in [0.4, 0.5) is 5.69 Å². The fraction of sp³-hybridized carbons (Fsp3) is 0.778. The van der Waals surface area contributed by atoms with Crippen molar-refractivity contribution in [3.8, 4) is 0 Å². The van der Waals surface area contributed by atoms with Gasteiger partial charge in [0.15, 0.2) is 0 Å². The largest absolute Gasteiger partial charge is 0.378 e. The number of anilines is 1. The number of hydrogen-bond donors (Lipinski definition) is 0. The zero-order chi connectivity index (χ0) is 29.9. The van der Waals surface area contributed by atoms with E-state index in [1.807, 2.05) is 24.1 Å². The molecule has 242 valence electrons. The molecule has 0 radical (unpaired) electrons. The molecule has 0 atom stereocenters. The maximum Gasteiger partial charge on any atom is 0.0361 e. The fourth-order valence-corrected chi connectivity index (χ4v) is 10.2. The van der Waals surface area contributed by atoms with Crippen LogP contribution in [-0.4, -0.2) is 90.8 Å². The smallest absolute Gasteiger partial charge is 0.0361 e. The minimum absolute atomic E-state index is 0.915. The Morgan fingerprint density at radius 1 is 0.651 bits per heavy atom. The molecule has 0 unspecified atom stereocenters. The first-order chi connectivity index (χ1) is 21.0. The molecule has 2 aliphatic carbocycles. The van der Waals surface area contributed by atoms with Gasteiger partial charge >= 0.3 is 0 Å². The van der Waals surface area contributed by atoms with E-state index in [-0.39, 0.29) is 0 Å². The molecule has 0 bridgehead atoms. The lowest BCUT2D eigenvalue weighted by atomic mass is 9.76. The predicted molar refractivity (Wildman–Crippen MR) is 190 cm³/mol. The van der Waals surface area contributed by atoms with Crippen molar-refractivity contribution >= 4 is 29.8 Å². The lowest BCUT2D eigenvalue weighted by molar-refractivity contribution is 0.173. The molecule has 5 nitrogen and oxygen atoms in total. The van der Waals surface area contributed by atoms with E-state index in [9.17, 15) is 0 Å². The Morgan fingerprint density at radius 2 is 1.23 bits per heavy atom. The minimum atomic E-state index is 0.915. The normalized spacial score (nSPS) is 24.9. The third kappa shape index (κ3) is 11.2. The van der Waals surface area contributed by atoms with Crippen molar-refractivity contribution in [2.24, 2.45) is 17.8 Å². The fourth-order valence-electron chi connectivity index (χ4n) is 7.98. The minimum Gasteiger partial charge on any atom is -0.378 e. The summed E-state index contributed by atoms with van der Waals surface area (Å²) >= 11 is 3.97. The highest BCUT2D eigenvalue weighted by Gasteiger charge is 2.29. The van der Waals surface area contributed by atoms with E-state index in [0.717, 1.165) is 43.9 Å². The molecule has 4 fully saturated rings. The SMILES string of the molecule is C=C1CN(Sc2ccc(N(C)C)cc2)CCCN(CC2CCCCC2)CCCN(SN2CCC(C3CCCCC3)CC2)C1.